The number of aromatic nitrogens is 1. The van der Waals surface area contributed by atoms with Gasteiger partial charge in [-0.2, -0.15) is 5.26 Å². The molecule has 1 fully saturated rings. The van der Waals surface area contributed by atoms with Gasteiger partial charge < -0.3 is 10.6 Å². The van der Waals surface area contributed by atoms with E-state index in [1.807, 2.05) is 18.2 Å². The number of hydrogen-bond donors (Lipinski definition) is 1. The number of piperidine rings is 1. The summed E-state index contributed by atoms with van der Waals surface area (Å²) in [6, 6.07) is 7.96. The summed E-state index contributed by atoms with van der Waals surface area (Å²) >= 11 is 0. The summed E-state index contributed by atoms with van der Waals surface area (Å²) in [5, 5.41) is 8.99. The molecule has 2 heterocycles. The highest BCUT2D eigenvalue weighted by Crippen LogP contribution is 2.22. The molecule has 1 aliphatic rings. The molecule has 0 radical (unpaired) electrons. The van der Waals surface area contributed by atoms with Crippen molar-refractivity contribution in [1.82, 2.24) is 4.98 Å². The molecule has 78 valence electrons. The molecular weight excluding hydrogens is 188 g/mol. The van der Waals surface area contributed by atoms with Gasteiger partial charge in [-0.15, -0.1) is 0 Å². The van der Waals surface area contributed by atoms with Crippen molar-refractivity contribution in [3.05, 3.63) is 24.4 Å². The number of anilines is 1. The quantitative estimate of drug-likeness (QED) is 0.734. The van der Waals surface area contributed by atoms with Gasteiger partial charge in [-0.1, -0.05) is 6.07 Å². The Bertz CT molecular complexity index is 370. The van der Waals surface area contributed by atoms with Crippen LogP contribution in [0.15, 0.2) is 24.4 Å². The predicted molar refractivity (Wildman–Crippen MR) is 58.2 cm³/mol. The van der Waals surface area contributed by atoms with Gasteiger partial charge in [0.25, 0.3) is 0 Å². The van der Waals surface area contributed by atoms with Gasteiger partial charge in [-0.3, -0.25) is 0 Å². The molecule has 0 amide bonds. The molecule has 2 rings (SSSR count). The summed E-state index contributed by atoms with van der Waals surface area (Å²) in [6.07, 6.45) is 3.47. The van der Waals surface area contributed by atoms with Gasteiger partial charge in [0.2, 0.25) is 0 Å². The average molecular weight is 202 g/mol. The first-order chi connectivity index (χ1) is 7.23. The maximum atomic E-state index is 8.99. The van der Waals surface area contributed by atoms with Gasteiger partial charge in [-0.25, -0.2) is 4.98 Å². The van der Waals surface area contributed by atoms with Crippen molar-refractivity contribution in [2.45, 2.75) is 18.4 Å². The topological polar surface area (TPSA) is 65.9 Å². The van der Waals surface area contributed by atoms with E-state index in [4.69, 9.17) is 11.0 Å². The van der Waals surface area contributed by atoms with Crippen molar-refractivity contribution in [3.8, 4) is 6.07 Å². The molecule has 15 heavy (non-hydrogen) atoms. The Morgan fingerprint density at radius 1 is 1.53 bits per heavy atom. The monoisotopic (exact) mass is 202 g/mol. The normalized spacial score (nSPS) is 26.0. The Morgan fingerprint density at radius 2 is 2.40 bits per heavy atom. The lowest BCUT2D eigenvalue weighted by Gasteiger charge is -2.36. The molecule has 0 aromatic carbocycles. The van der Waals surface area contributed by atoms with Crippen LogP contribution in [0.2, 0.25) is 0 Å². The molecule has 1 aliphatic heterocycles. The third-order valence-corrected chi connectivity index (χ3v) is 2.72. The van der Waals surface area contributed by atoms with Crippen LogP contribution < -0.4 is 10.6 Å². The molecule has 1 atom stereocenters. The first kappa shape index (κ1) is 9.94. The maximum absolute atomic E-state index is 8.99. The lowest BCUT2D eigenvalue weighted by Crippen LogP contribution is -2.53. The van der Waals surface area contributed by atoms with Gasteiger partial charge in [0.1, 0.15) is 11.4 Å². The minimum Gasteiger partial charge on any atom is -0.354 e. The molecule has 1 saturated heterocycles. The molecule has 2 N–H and O–H groups in total. The second kappa shape index (κ2) is 3.87. The molecule has 0 saturated carbocycles. The molecular formula is C11H14N4. The van der Waals surface area contributed by atoms with Crippen LogP contribution in [0.4, 0.5) is 5.82 Å². The summed E-state index contributed by atoms with van der Waals surface area (Å²) in [5.41, 5.74) is 5.24. The summed E-state index contributed by atoms with van der Waals surface area (Å²) in [4.78, 5) is 6.34. The fourth-order valence-corrected chi connectivity index (χ4v) is 1.91. The van der Waals surface area contributed by atoms with Crippen LogP contribution in [-0.4, -0.2) is 23.6 Å². The fraction of sp³-hybridized carbons (Fsp3) is 0.455. The van der Waals surface area contributed by atoms with E-state index in [0.717, 1.165) is 25.2 Å². The zero-order valence-electron chi connectivity index (χ0n) is 8.56. The van der Waals surface area contributed by atoms with Crippen molar-refractivity contribution >= 4 is 5.82 Å². The van der Waals surface area contributed by atoms with Gasteiger partial charge in [-0.05, 0) is 25.0 Å². The summed E-state index contributed by atoms with van der Waals surface area (Å²) in [7, 11) is 0. The number of nitrogens with zero attached hydrogens (tertiary/aromatic N) is 3. The number of pyridine rings is 1. The van der Waals surface area contributed by atoms with Crippen LogP contribution in [0.3, 0.4) is 0 Å². The highest BCUT2D eigenvalue weighted by atomic mass is 15.2. The number of nitrogens with two attached hydrogens (primary N) is 1. The van der Waals surface area contributed by atoms with E-state index in [1.54, 1.807) is 6.20 Å². The van der Waals surface area contributed by atoms with Crippen molar-refractivity contribution in [2.24, 2.45) is 5.73 Å². The van der Waals surface area contributed by atoms with E-state index in [2.05, 4.69) is 16.0 Å². The van der Waals surface area contributed by atoms with E-state index < -0.39 is 5.54 Å². The summed E-state index contributed by atoms with van der Waals surface area (Å²) < 4.78 is 0. The Balaban J connectivity index is 2.16. The van der Waals surface area contributed by atoms with Crippen LogP contribution in [0.5, 0.6) is 0 Å². The van der Waals surface area contributed by atoms with Gasteiger partial charge in [0, 0.05) is 12.7 Å². The van der Waals surface area contributed by atoms with E-state index in [9.17, 15) is 0 Å². The third kappa shape index (κ3) is 2.08. The maximum Gasteiger partial charge on any atom is 0.128 e. The number of rotatable bonds is 1. The average Bonchev–Trinajstić information content (AvgIpc) is 2.30. The smallest absolute Gasteiger partial charge is 0.128 e. The highest BCUT2D eigenvalue weighted by molar-refractivity contribution is 5.40. The second-order valence-electron chi connectivity index (χ2n) is 3.98. The van der Waals surface area contributed by atoms with Crippen molar-refractivity contribution in [3.63, 3.8) is 0 Å². The minimum absolute atomic E-state index is 0.570. The standard InChI is InChI=1S/C11H14N4/c12-8-11(13)5-3-7-15(9-11)10-4-1-2-6-14-10/h1-2,4,6H,3,5,7,9,13H2. The van der Waals surface area contributed by atoms with Crippen LogP contribution in [-0.2, 0) is 0 Å². The molecule has 4 nitrogen and oxygen atoms in total. The Morgan fingerprint density at radius 3 is 3.07 bits per heavy atom. The first-order valence-electron chi connectivity index (χ1n) is 5.10. The fourth-order valence-electron chi connectivity index (χ4n) is 1.91. The molecule has 1 unspecified atom stereocenters. The van der Waals surface area contributed by atoms with Crippen LogP contribution >= 0.6 is 0 Å². The Kier molecular flexibility index (Phi) is 2.57. The molecule has 1 aromatic rings. The summed E-state index contributed by atoms with van der Waals surface area (Å²) in [5.74, 6) is 0.905. The molecule has 0 bridgehead atoms. The van der Waals surface area contributed by atoms with Gasteiger partial charge >= 0.3 is 0 Å². The van der Waals surface area contributed by atoms with E-state index in [0.29, 0.717) is 6.54 Å². The molecule has 4 heteroatoms. The van der Waals surface area contributed by atoms with Crippen molar-refractivity contribution < 1.29 is 0 Å². The van der Waals surface area contributed by atoms with Crippen molar-refractivity contribution in [2.75, 3.05) is 18.0 Å². The predicted octanol–water partition coefficient (Wildman–Crippen LogP) is 0.903. The molecule has 0 spiro atoms. The van der Waals surface area contributed by atoms with E-state index in [1.165, 1.54) is 0 Å². The lowest BCUT2D eigenvalue weighted by molar-refractivity contribution is 0.422. The van der Waals surface area contributed by atoms with Crippen LogP contribution in [0.25, 0.3) is 0 Å². The van der Waals surface area contributed by atoms with Crippen molar-refractivity contribution in [1.29, 1.82) is 5.26 Å². The van der Waals surface area contributed by atoms with Gasteiger partial charge in [0.05, 0.1) is 12.6 Å². The number of hydrogen-bond acceptors (Lipinski definition) is 4. The first-order valence-corrected chi connectivity index (χ1v) is 5.10. The van der Waals surface area contributed by atoms with E-state index >= 15 is 0 Å². The van der Waals surface area contributed by atoms with Crippen LogP contribution in [0.1, 0.15) is 12.8 Å². The molecule has 1 aromatic heterocycles. The van der Waals surface area contributed by atoms with E-state index in [-0.39, 0.29) is 0 Å². The zero-order valence-corrected chi connectivity index (χ0v) is 8.56. The molecule has 0 aliphatic carbocycles. The largest absolute Gasteiger partial charge is 0.354 e. The zero-order chi connectivity index (χ0) is 10.7. The summed E-state index contributed by atoms with van der Waals surface area (Å²) in [6.45, 7) is 1.50. The highest BCUT2D eigenvalue weighted by Gasteiger charge is 2.31. The SMILES string of the molecule is N#CC1(N)CCCN(c2ccccn2)C1. The Hall–Kier alpha value is -1.60. The third-order valence-electron chi connectivity index (χ3n) is 2.72. The van der Waals surface area contributed by atoms with Gasteiger partial charge in [0.15, 0.2) is 0 Å². The minimum atomic E-state index is -0.713. The lowest BCUT2D eigenvalue weighted by atomic mass is 9.92. The second-order valence-corrected chi connectivity index (χ2v) is 3.98. The van der Waals surface area contributed by atoms with Crippen LogP contribution in [0, 0.1) is 11.3 Å². The number of nitriles is 1. The Labute approximate surface area is 89.3 Å².